The van der Waals surface area contributed by atoms with Crippen LogP contribution in [-0.2, 0) is 17.0 Å². The van der Waals surface area contributed by atoms with Crippen molar-refractivity contribution in [2.24, 2.45) is 5.10 Å². The molecule has 0 atom stereocenters. The fraction of sp³-hybridized carbons (Fsp3) is 0.179. The Morgan fingerprint density at radius 1 is 1.03 bits per heavy atom. The largest absolute Gasteiger partial charge is 0.497 e. The Morgan fingerprint density at radius 2 is 1.82 bits per heavy atom. The van der Waals surface area contributed by atoms with E-state index in [-0.39, 0.29) is 12.3 Å². The number of anilines is 1. The normalized spacial score (nSPS) is 10.8. The number of hydrazone groups is 1. The van der Waals surface area contributed by atoms with Gasteiger partial charge in [-0.2, -0.15) is 5.10 Å². The van der Waals surface area contributed by atoms with E-state index in [1.807, 2.05) is 37.3 Å². The molecule has 1 aromatic heterocycles. The Labute approximate surface area is 234 Å². The number of aromatic nitrogens is 2. The average Bonchev–Trinajstić information content (AvgIpc) is 3.37. The van der Waals surface area contributed by atoms with Gasteiger partial charge in [0.1, 0.15) is 16.5 Å². The summed E-state index contributed by atoms with van der Waals surface area (Å²) in [6.07, 6.45) is 1.72. The molecule has 0 saturated carbocycles. The number of amides is 2. The number of thioether (sulfide) groups is 1. The van der Waals surface area contributed by atoms with Crippen molar-refractivity contribution in [2.45, 2.75) is 23.4 Å². The van der Waals surface area contributed by atoms with E-state index in [4.69, 9.17) is 9.47 Å². The second kappa shape index (κ2) is 13.5. The zero-order valence-electron chi connectivity index (χ0n) is 21.6. The highest BCUT2D eigenvalue weighted by atomic mass is 32.2. The molecule has 11 heteroatoms. The molecule has 4 rings (SSSR count). The number of ether oxygens (including phenoxy) is 2. The maximum Gasteiger partial charge on any atom is 0.273 e. The van der Waals surface area contributed by atoms with Crippen LogP contribution in [0.3, 0.4) is 0 Å². The van der Waals surface area contributed by atoms with Crippen molar-refractivity contribution in [1.82, 2.24) is 15.6 Å². The van der Waals surface area contributed by atoms with Crippen LogP contribution in [0.25, 0.3) is 0 Å². The molecule has 0 aliphatic heterocycles. The zero-order chi connectivity index (χ0) is 27.6. The smallest absolute Gasteiger partial charge is 0.273 e. The molecule has 1 heterocycles. The number of rotatable bonds is 11. The van der Waals surface area contributed by atoms with Crippen LogP contribution in [0.15, 0.2) is 76.2 Å². The number of methoxy groups -OCH3 is 2. The van der Waals surface area contributed by atoms with Crippen LogP contribution in [-0.4, -0.2) is 42.4 Å². The predicted octanol–water partition coefficient (Wildman–Crippen LogP) is 5.10. The molecule has 0 aliphatic rings. The van der Waals surface area contributed by atoms with Crippen LogP contribution in [0.5, 0.6) is 11.5 Å². The minimum absolute atomic E-state index is 0.162. The lowest BCUT2D eigenvalue weighted by Crippen LogP contribution is -2.22. The Hall–Kier alpha value is -4.22. The molecule has 3 aromatic carbocycles. The van der Waals surface area contributed by atoms with Gasteiger partial charge in [0.15, 0.2) is 4.34 Å². The first-order valence-electron chi connectivity index (χ1n) is 11.9. The average molecular weight is 562 g/mol. The predicted molar refractivity (Wildman–Crippen MR) is 154 cm³/mol. The molecule has 0 radical (unpaired) electrons. The summed E-state index contributed by atoms with van der Waals surface area (Å²) in [5.74, 6) is 1.44. The highest BCUT2D eigenvalue weighted by molar-refractivity contribution is 8.00. The van der Waals surface area contributed by atoms with E-state index in [1.54, 1.807) is 79.9 Å². The first-order chi connectivity index (χ1) is 18.9. The van der Waals surface area contributed by atoms with Gasteiger partial charge in [0, 0.05) is 11.3 Å². The topological polar surface area (TPSA) is 115 Å². The lowest BCUT2D eigenvalue weighted by Gasteiger charge is -2.10. The molecular weight excluding hydrogens is 534 g/mol. The summed E-state index contributed by atoms with van der Waals surface area (Å²) < 4.78 is 11.5. The van der Waals surface area contributed by atoms with Crippen molar-refractivity contribution < 1.29 is 19.1 Å². The summed E-state index contributed by atoms with van der Waals surface area (Å²) in [6, 6.07) is 19.7. The van der Waals surface area contributed by atoms with Crippen LogP contribution in [0.4, 0.5) is 5.69 Å². The SMILES string of the molecule is COc1ccc(CC(=O)Nc2ccccc2C(=O)N/N=C/c2ccc(OC)c(CSc3nnc(C)s3)c2)cc1. The Balaban J connectivity index is 1.38. The number of para-hydroxylation sites is 1. The van der Waals surface area contributed by atoms with E-state index in [9.17, 15) is 9.59 Å². The summed E-state index contributed by atoms with van der Waals surface area (Å²) in [6.45, 7) is 1.92. The van der Waals surface area contributed by atoms with Crippen LogP contribution in [0, 0.1) is 6.92 Å². The van der Waals surface area contributed by atoms with Gasteiger partial charge >= 0.3 is 0 Å². The Morgan fingerprint density at radius 3 is 2.54 bits per heavy atom. The number of hydrogen-bond acceptors (Lipinski definition) is 9. The number of benzene rings is 3. The van der Waals surface area contributed by atoms with Crippen LogP contribution < -0.4 is 20.2 Å². The van der Waals surface area contributed by atoms with Gasteiger partial charge < -0.3 is 14.8 Å². The molecule has 0 spiro atoms. The zero-order valence-corrected chi connectivity index (χ0v) is 23.3. The molecule has 0 saturated heterocycles. The molecule has 0 fully saturated rings. The van der Waals surface area contributed by atoms with Crippen LogP contribution in [0.1, 0.15) is 32.1 Å². The highest BCUT2D eigenvalue weighted by Crippen LogP contribution is 2.30. The van der Waals surface area contributed by atoms with Crippen molar-refractivity contribution in [3.63, 3.8) is 0 Å². The van der Waals surface area contributed by atoms with Gasteiger partial charge in [-0.1, -0.05) is 47.4 Å². The highest BCUT2D eigenvalue weighted by Gasteiger charge is 2.13. The van der Waals surface area contributed by atoms with Gasteiger partial charge in [-0.15, -0.1) is 10.2 Å². The molecule has 9 nitrogen and oxygen atoms in total. The van der Waals surface area contributed by atoms with E-state index in [0.717, 1.165) is 37.5 Å². The maximum absolute atomic E-state index is 12.9. The molecule has 2 amide bonds. The summed E-state index contributed by atoms with van der Waals surface area (Å²) in [4.78, 5) is 25.5. The summed E-state index contributed by atoms with van der Waals surface area (Å²) in [7, 11) is 3.21. The van der Waals surface area contributed by atoms with Gasteiger partial charge in [-0.05, 0) is 60.5 Å². The minimum atomic E-state index is -0.442. The molecule has 0 aliphatic carbocycles. The Bertz CT molecular complexity index is 1470. The van der Waals surface area contributed by atoms with Crippen molar-refractivity contribution in [1.29, 1.82) is 0 Å². The lowest BCUT2D eigenvalue weighted by molar-refractivity contribution is -0.115. The first-order valence-corrected chi connectivity index (χ1v) is 13.7. The molecule has 4 aromatic rings. The minimum Gasteiger partial charge on any atom is -0.497 e. The first kappa shape index (κ1) is 27.8. The number of carbonyl (C=O) groups excluding carboxylic acids is 2. The standard InChI is InChI=1S/C28H27N5O4S2/c1-18-31-33-28(39-18)38-17-21-14-20(10-13-25(21)37-3)16-29-32-27(35)23-6-4-5-7-24(23)30-26(34)15-19-8-11-22(36-2)12-9-19/h4-14,16H,15,17H2,1-3H3,(H,30,34)(H,32,35)/b29-16+. The summed E-state index contributed by atoms with van der Waals surface area (Å²) in [5, 5.41) is 16.0. The van der Waals surface area contributed by atoms with Crippen LogP contribution in [0.2, 0.25) is 0 Å². The van der Waals surface area contributed by atoms with Crippen molar-refractivity contribution in [3.05, 3.63) is 94.0 Å². The number of nitrogens with zero attached hydrogens (tertiary/aromatic N) is 3. The van der Waals surface area contributed by atoms with Gasteiger partial charge in [-0.3, -0.25) is 9.59 Å². The van der Waals surface area contributed by atoms with Crippen LogP contribution >= 0.6 is 23.1 Å². The third-order valence-electron chi connectivity index (χ3n) is 5.51. The lowest BCUT2D eigenvalue weighted by atomic mass is 10.1. The van der Waals surface area contributed by atoms with Crippen molar-refractivity contribution >= 4 is 46.8 Å². The summed E-state index contributed by atoms with van der Waals surface area (Å²) >= 11 is 3.12. The third-order valence-corrected chi connectivity index (χ3v) is 7.53. The van der Waals surface area contributed by atoms with Gasteiger partial charge in [-0.25, -0.2) is 5.43 Å². The van der Waals surface area contributed by atoms with E-state index in [2.05, 4.69) is 26.0 Å². The van der Waals surface area contributed by atoms with E-state index in [0.29, 0.717) is 17.0 Å². The number of carbonyl (C=O) groups is 2. The van der Waals surface area contributed by atoms with E-state index < -0.39 is 5.91 Å². The number of aryl methyl sites for hydroxylation is 1. The third kappa shape index (κ3) is 7.88. The molecule has 0 bridgehead atoms. The summed E-state index contributed by atoms with van der Waals surface area (Å²) in [5.41, 5.74) is 5.84. The second-order valence-corrected chi connectivity index (χ2v) is 10.7. The molecule has 39 heavy (non-hydrogen) atoms. The van der Waals surface area contributed by atoms with Gasteiger partial charge in [0.25, 0.3) is 5.91 Å². The Kier molecular flexibility index (Phi) is 9.65. The maximum atomic E-state index is 12.9. The van der Waals surface area contributed by atoms with Gasteiger partial charge in [0.2, 0.25) is 5.91 Å². The van der Waals surface area contributed by atoms with Gasteiger partial charge in [0.05, 0.1) is 38.1 Å². The van der Waals surface area contributed by atoms with Crippen molar-refractivity contribution in [3.8, 4) is 11.5 Å². The van der Waals surface area contributed by atoms with E-state index >= 15 is 0 Å². The molecular formula is C28H27N5O4S2. The molecule has 200 valence electrons. The molecule has 0 unspecified atom stereocenters. The monoisotopic (exact) mass is 561 g/mol. The molecule has 2 N–H and O–H groups in total. The fourth-order valence-corrected chi connectivity index (χ4v) is 5.40. The second-order valence-electron chi connectivity index (χ2n) is 8.26. The number of nitrogens with one attached hydrogen (secondary N) is 2. The van der Waals surface area contributed by atoms with Crippen molar-refractivity contribution in [2.75, 3.05) is 19.5 Å². The fourth-order valence-electron chi connectivity index (χ4n) is 3.61. The number of hydrogen-bond donors (Lipinski definition) is 2. The quantitative estimate of drug-likeness (QED) is 0.149. The van der Waals surface area contributed by atoms with E-state index in [1.165, 1.54) is 0 Å².